The summed E-state index contributed by atoms with van der Waals surface area (Å²) in [5.41, 5.74) is 2.96. The molecular formula is C46H54BCl2F6NSi2Zr. The molecule has 0 spiro atoms. The fraction of sp³-hybridized carbons (Fsp3) is 0.348. The molecule has 0 fully saturated rings. The summed E-state index contributed by atoms with van der Waals surface area (Å²) in [6, 6.07) is 30.9. The molecule has 0 N–H and O–H groups in total. The van der Waals surface area contributed by atoms with Crippen LogP contribution in [0.2, 0.25) is 39.3 Å². The summed E-state index contributed by atoms with van der Waals surface area (Å²) in [6.07, 6.45) is -6.70. The molecule has 314 valence electrons. The van der Waals surface area contributed by atoms with E-state index in [9.17, 15) is 26.3 Å². The minimum absolute atomic E-state index is 0.243. The van der Waals surface area contributed by atoms with Gasteiger partial charge in [0.2, 0.25) is 0 Å². The monoisotopic (exact) mass is 961 g/mol. The first-order valence-corrected chi connectivity index (χ1v) is 32.9. The molecule has 13 heteroatoms. The molecule has 0 saturated heterocycles. The van der Waals surface area contributed by atoms with Gasteiger partial charge in [-0.1, -0.05) is 139 Å². The van der Waals surface area contributed by atoms with Crippen LogP contribution in [0.1, 0.15) is 74.6 Å². The number of rotatable bonds is 8. The number of halogens is 8. The number of hydrogen-bond donors (Lipinski definition) is 0. The summed E-state index contributed by atoms with van der Waals surface area (Å²) < 4.78 is 82.1. The third-order valence-electron chi connectivity index (χ3n) is 10.4. The Labute approximate surface area is 369 Å². The molecule has 0 amide bonds. The van der Waals surface area contributed by atoms with Gasteiger partial charge in [0.05, 0.1) is 11.1 Å². The molecule has 2 radical (unpaired) electrons. The van der Waals surface area contributed by atoms with E-state index in [0.29, 0.717) is 23.0 Å². The van der Waals surface area contributed by atoms with Gasteiger partial charge in [0, 0.05) is 0 Å². The Morgan fingerprint density at radius 3 is 1.15 bits per heavy atom. The third kappa shape index (κ3) is 13.8. The molecular weight excluding hydrogens is 910 g/mol. The standard InChI is InChI=1S/2C20H18F3.C6H18BNSi2.2ClH.Zr/c2*1-3-13(2)15-11-14-7-6-9-16(18(14)12-15)17-8-4-5-10-19(17)20(21,22)23;1-9(2,3)8(7)10(4,5)6;;;/h2*4-13H,3H2,1-2H3;1-6H3;2*1H;/q2*-1;;;;+4/p-2. The zero-order chi connectivity index (χ0) is 44.5. The van der Waals surface area contributed by atoms with Crippen molar-refractivity contribution >= 4 is 63.0 Å². The second-order valence-corrected chi connectivity index (χ2v) is 30.5. The van der Waals surface area contributed by atoms with Crippen LogP contribution in [0.25, 0.3) is 43.8 Å². The van der Waals surface area contributed by atoms with Crippen molar-refractivity contribution in [3.63, 3.8) is 0 Å². The van der Waals surface area contributed by atoms with E-state index in [1.54, 1.807) is 36.4 Å². The fourth-order valence-corrected chi connectivity index (χ4v) is 15.0. The Morgan fingerprint density at radius 1 is 0.576 bits per heavy atom. The van der Waals surface area contributed by atoms with Crippen molar-refractivity contribution in [2.75, 3.05) is 0 Å². The molecule has 6 aromatic rings. The Morgan fingerprint density at radius 2 is 0.881 bits per heavy atom. The zero-order valence-electron chi connectivity index (χ0n) is 35.5. The molecule has 0 aliphatic heterocycles. The molecule has 0 aliphatic rings. The molecule has 6 rings (SSSR count). The summed E-state index contributed by atoms with van der Waals surface area (Å²) in [5, 5.41) is 3.77. The quantitative estimate of drug-likeness (QED) is 0.0835. The zero-order valence-corrected chi connectivity index (χ0v) is 41.5. The maximum atomic E-state index is 13.3. The van der Waals surface area contributed by atoms with E-state index in [1.807, 2.05) is 36.4 Å². The van der Waals surface area contributed by atoms with Crippen molar-refractivity contribution < 1.29 is 47.2 Å². The van der Waals surface area contributed by atoms with E-state index < -0.39 is 60.8 Å². The second kappa shape index (κ2) is 21.6. The molecule has 0 heterocycles. The number of fused-ring (bicyclic) bond motifs is 2. The van der Waals surface area contributed by atoms with Gasteiger partial charge in [-0.25, -0.2) is 0 Å². The van der Waals surface area contributed by atoms with E-state index >= 15 is 0 Å². The van der Waals surface area contributed by atoms with Crippen molar-refractivity contribution in [3.8, 4) is 22.3 Å². The molecule has 2 atom stereocenters. The molecule has 0 bridgehead atoms. The molecule has 6 aromatic carbocycles. The third-order valence-corrected chi connectivity index (χ3v) is 17.3. The SMILES string of the molecule is CCC(C)c1cc2c(-c3ccccc3C(F)(F)F)cccc2[cH-]1.CCC(C)c1cc2c(-c3ccccc3C(F)(F)F)cccc2[cH-]1.[B]N([Si](C)(C)C)[Si](C)(C)C.[Cl][Zr+2][Cl]. The van der Waals surface area contributed by atoms with Gasteiger partial charge in [0.25, 0.3) is 0 Å². The number of benzene rings is 4. The predicted molar refractivity (Wildman–Crippen MR) is 243 cm³/mol. The van der Waals surface area contributed by atoms with Gasteiger partial charge in [-0.05, 0) is 35.1 Å². The second-order valence-electron chi connectivity index (χ2n) is 16.7. The Kier molecular flexibility index (Phi) is 18.7. The first kappa shape index (κ1) is 51.0. The fourth-order valence-electron chi connectivity index (χ4n) is 6.96. The summed E-state index contributed by atoms with van der Waals surface area (Å²) in [5.74, 6) is 0.793. The Bertz CT molecular complexity index is 2080. The van der Waals surface area contributed by atoms with E-state index in [2.05, 4.69) is 83.3 Å². The number of nitrogens with zero attached hydrogens (tertiary/aromatic N) is 1. The number of alkyl halides is 6. The van der Waals surface area contributed by atoms with Crippen molar-refractivity contribution in [1.29, 1.82) is 0 Å². The van der Waals surface area contributed by atoms with Crippen LogP contribution in [-0.4, -0.2) is 28.6 Å². The topological polar surface area (TPSA) is 3.24 Å². The summed E-state index contributed by atoms with van der Waals surface area (Å²) in [4.78, 5) is 0. The molecule has 1 nitrogen and oxygen atoms in total. The van der Waals surface area contributed by atoms with Gasteiger partial charge in [-0.3, -0.25) is 0 Å². The first-order chi connectivity index (χ1) is 27.4. The summed E-state index contributed by atoms with van der Waals surface area (Å²) in [6.45, 7) is 22.2. The molecule has 0 aliphatic carbocycles. The molecule has 0 aromatic heterocycles. The van der Waals surface area contributed by atoms with Crippen LogP contribution in [-0.2, 0) is 33.2 Å². The van der Waals surface area contributed by atoms with Crippen LogP contribution in [0.3, 0.4) is 0 Å². The van der Waals surface area contributed by atoms with Gasteiger partial charge >= 0.3 is 50.2 Å². The molecule has 2 unspecified atom stereocenters. The Hall–Kier alpha value is -2.40. The van der Waals surface area contributed by atoms with Crippen molar-refractivity contribution in [1.82, 2.24) is 4.14 Å². The van der Waals surface area contributed by atoms with Crippen LogP contribution in [0, 0.1) is 0 Å². The van der Waals surface area contributed by atoms with Crippen LogP contribution in [0.15, 0.2) is 109 Å². The first-order valence-electron chi connectivity index (χ1n) is 19.6. The predicted octanol–water partition coefficient (Wildman–Crippen LogP) is 16.9. The van der Waals surface area contributed by atoms with Gasteiger partial charge in [-0.2, -0.15) is 38.5 Å². The Balaban J connectivity index is 0.000000245. The van der Waals surface area contributed by atoms with Crippen molar-refractivity contribution in [2.45, 2.75) is 104 Å². The molecule has 59 heavy (non-hydrogen) atoms. The summed E-state index contributed by atoms with van der Waals surface area (Å²) in [7, 11) is 13.4. The molecule has 0 saturated carbocycles. The van der Waals surface area contributed by atoms with Gasteiger partial charge < -0.3 is 4.14 Å². The van der Waals surface area contributed by atoms with Gasteiger partial charge in [-0.15, -0.1) is 69.1 Å². The van der Waals surface area contributed by atoms with Gasteiger partial charge in [0.1, 0.15) is 16.5 Å². The van der Waals surface area contributed by atoms with Gasteiger partial charge in [0.15, 0.2) is 7.98 Å². The van der Waals surface area contributed by atoms with Crippen molar-refractivity contribution in [2.24, 2.45) is 0 Å². The van der Waals surface area contributed by atoms with Crippen LogP contribution < -0.4 is 0 Å². The number of hydrogen-bond acceptors (Lipinski definition) is 1. The van der Waals surface area contributed by atoms with E-state index in [4.69, 9.17) is 25.0 Å². The average molecular weight is 964 g/mol. The van der Waals surface area contributed by atoms with Crippen molar-refractivity contribution in [3.05, 3.63) is 131 Å². The minimum atomic E-state index is -4.36. The van der Waals surface area contributed by atoms with E-state index in [1.165, 1.54) is 23.3 Å². The van der Waals surface area contributed by atoms with Crippen LogP contribution >= 0.6 is 17.0 Å². The van der Waals surface area contributed by atoms with E-state index in [-0.39, 0.29) is 11.1 Å². The van der Waals surface area contributed by atoms with Crippen LogP contribution in [0.4, 0.5) is 26.3 Å². The summed E-state index contributed by atoms with van der Waals surface area (Å²) >= 11 is -0.826. The average Bonchev–Trinajstić information content (AvgIpc) is 3.82. The normalized spacial score (nSPS) is 13.1. The van der Waals surface area contributed by atoms with E-state index in [0.717, 1.165) is 46.5 Å². The van der Waals surface area contributed by atoms with Crippen LogP contribution in [0.5, 0.6) is 0 Å². The maximum absolute atomic E-state index is 13.3.